The van der Waals surface area contributed by atoms with Crippen LogP contribution in [0.2, 0.25) is 5.02 Å². The van der Waals surface area contributed by atoms with Gasteiger partial charge in [0.15, 0.2) is 16.6 Å². The van der Waals surface area contributed by atoms with Gasteiger partial charge in [0.1, 0.15) is 0 Å². The number of phenols is 2. The van der Waals surface area contributed by atoms with Gasteiger partial charge in [-0.3, -0.25) is 0 Å². The van der Waals surface area contributed by atoms with Crippen LogP contribution < -0.4 is 10.6 Å². The van der Waals surface area contributed by atoms with Crippen molar-refractivity contribution in [3.63, 3.8) is 0 Å². The molecule has 2 rings (SSSR count). The van der Waals surface area contributed by atoms with E-state index in [2.05, 4.69) is 10.6 Å². The van der Waals surface area contributed by atoms with Crippen molar-refractivity contribution in [2.24, 2.45) is 0 Å². The summed E-state index contributed by atoms with van der Waals surface area (Å²) in [6, 6.07) is 12.0. The number of anilines is 1. The quantitative estimate of drug-likeness (QED) is 0.514. The number of nitrogens with one attached hydrogen (secondary N) is 2. The van der Waals surface area contributed by atoms with Gasteiger partial charge in [0.05, 0.1) is 0 Å². The highest BCUT2D eigenvalue weighted by Gasteiger charge is 2.02. The van der Waals surface area contributed by atoms with Crippen LogP contribution in [0.4, 0.5) is 5.69 Å². The SMILES string of the molecule is Oc1ccc(CCNC(=S)Nc2cccc(Cl)c2)cc1O. The standard InChI is InChI=1S/C15H15ClN2O2S/c16-11-2-1-3-12(9-11)18-15(21)17-7-6-10-4-5-13(19)14(20)8-10/h1-5,8-9,19-20H,6-7H2,(H2,17,18,21). The molecule has 0 unspecified atom stereocenters. The normalized spacial score (nSPS) is 10.1. The highest BCUT2D eigenvalue weighted by atomic mass is 35.5. The van der Waals surface area contributed by atoms with Crippen molar-refractivity contribution in [2.45, 2.75) is 6.42 Å². The molecule has 4 nitrogen and oxygen atoms in total. The van der Waals surface area contributed by atoms with E-state index in [-0.39, 0.29) is 11.5 Å². The molecular weight excluding hydrogens is 308 g/mol. The first-order valence-corrected chi connectivity index (χ1v) is 7.14. The summed E-state index contributed by atoms with van der Waals surface area (Å²) in [6.45, 7) is 0.608. The van der Waals surface area contributed by atoms with Crippen molar-refractivity contribution in [1.82, 2.24) is 5.32 Å². The molecule has 0 aromatic heterocycles. The number of halogens is 1. The second-order valence-corrected chi connectivity index (χ2v) is 5.31. The number of aromatic hydroxyl groups is 2. The molecule has 110 valence electrons. The summed E-state index contributed by atoms with van der Waals surface area (Å²) in [6.07, 6.45) is 0.672. The van der Waals surface area contributed by atoms with Crippen molar-refractivity contribution in [1.29, 1.82) is 0 Å². The molecular formula is C15H15ClN2O2S. The van der Waals surface area contributed by atoms with Crippen LogP contribution in [0.25, 0.3) is 0 Å². The van der Waals surface area contributed by atoms with E-state index in [0.29, 0.717) is 23.1 Å². The van der Waals surface area contributed by atoms with Crippen molar-refractivity contribution >= 4 is 34.6 Å². The van der Waals surface area contributed by atoms with Crippen LogP contribution in [0.1, 0.15) is 5.56 Å². The molecule has 0 fully saturated rings. The zero-order valence-corrected chi connectivity index (χ0v) is 12.7. The van der Waals surface area contributed by atoms with E-state index in [1.54, 1.807) is 18.2 Å². The van der Waals surface area contributed by atoms with Crippen molar-refractivity contribution in [3.05, 3.63) is 53.1 Å². The molecule has 0 aliphatic rings. The molecule has 2 aromatic carbocycles. The smallest absolute Gasteiger partial charge is 0.170 e. The van der Waals surface area contributed by atoms with E-state index in [0.717, 1.165) is 11.3 Å². The number of hydrogen-bond donors (Lipinski definition) is 4. The van der Waals surface area contributed by atoms with Crippen LogP contribution in [0.3, 0.4) is 0 Å². The van der Waals surface area contributed by atoms with Gasteiger partial charge in [-0.2, -0.15) is 0 Å². The first-order valence-electron chi connectivity index (χ1n) is 6.36. The van der Waals surface area contributed by atoms with Crippen molar-refractivity contribution in [2.75, 3.05) is 11.9 Å². The minimum absolute atomic E-state index is 0.118. The summed E-state index contributed by atoms with van der Waals surface area (Å²) >= 11 is 11.1. The fourth-order valence-electron chi connectivity index (χ4n) is 1.79. The fourth-order valence-corrected chi connectivity index (χ4v) is 2.20. The third-order valence-electron chi connectivity index (χ3n) is 2.82. The molecule has 0 atom stereocenters. The van der Waals surface area contributed by atoms with E-state index in [4.69, 9.17) is 23.8 Å². The Labute approximate surface area is 133 Å². The van der Waals surface area contributed by atoms with E-state index in [1.807, 2.05) is 12.1 Å². The van der Waals surface area contributed by atoms with E-state index < -0.39 is 0 Å². The third-order valence-corrected chi connectivity index (χ3v) is 3.30. The predicted octanol–water partition coefficient (Wildman–Crippen LogP) is 3.28. The Bertz CT molecular complexity index is 649. The number of hydrogen-bond acceptors (Lipinski definition) is 3. The highest BCUT2D eigenvalue weighted by molar-refractivity contribution is 7.80. The summed E-state index contributed by atoms with van der Waals surface area (Å²) in [5, 5.41) is 25.9. The maximum Gasteiger partial charge on any atom is 0.170 e. The first kappa shape index (κ1) is 15.4. The van der Waals surface area contributed by atoms with Gasteiger partial charge in [0, 0.05) is 17.3 Å². The number of benzene rings is 2. The fraction of sp³-hybridized carbons (Fsp3) is 0.133. The van der Waals surface area contributed by atoms with Crippen LogP contribution in [0.5, 0.6) is 11.5 Å². The molecule has 0 aliphatic carbocycles. The average molecular weight is 323 g/mol. The average Bonchev–Trinajstić information content (AvgIpc) is 2.43. The minimum atomic E-state index is -0.121. The summed E-state index contributed by atoms with van der Waals surface area (Å²) in [4.78, 5) is 0. The Morgan fingerprint density at radius 2 is 1.90 bits per heavy atom. The second kappa shape index (κ2) is 7.15. The summed E-state index contributed by atoms with van der Waals surface area (Å²) < 4.78 is 0. The van der Waals surface area contributed by atoms with E-state index in [9.17, 15) is 10.2 Å². The van der Waals surface area contributed by atoms with Gasteiger partial charge in [-0.25, -0.2) is 0 Å². The van der Waals surface area contributed by atoms with Gasteiger partial charge in [-0.15, -0.1) is 0 Å². The first-order chi connectivity index (χ1) is 10.0. The van der Waals surface area contributed by atoms with E-state index in [1.165, 1.54) is 12.1 Å². The monoisotopic (exact) mass is 322 g/mol. The molecule has 0 saturated heterocycles. The zero-order valence-electron chi connectivity index (χ0n) is 11.1. The Morgan fingerprint density at radius 1 is 1.10 bits per heavy atom. The van der Waals surface area contributed by atoms with Crippen LogP contribution in [-0.2, 0) is 6.42 Å². The molecule has 0 heterocycles. The zero-order chi connectivity index (χ0) is 15.2. The lowest BCUT2D eigenvalue weighted by Crippen LogP contribution is -2.30. The Hall–Kier alpha value is -1.98. The molecule has 4 N–H and O–H groups in total. The molecule has 0 radical (unpaired) electrons. The van der Waals surface area contributed by atoms with Gasteiger partial charge in [-0.05, 0) is 54.5 Å². The predicted molar refractivity (Wildman–Crippen MR) is 89.2 cm³/mol. The number of thiocarbonyl (C=S) groups is 1. The van der Waals surface area contributed by atoms with Crippen molar-refractivity contribution < 1.29 is 10.2 Å². The lowest BCUT2D eigenvalue weighted by atomic mass is 10.1. The molecule has 0 amide bonds. The summed E-state index contributed by atoms with van der Waals surface area (Å²) in [5.74, 6) is -0.239. The van der Waals surface area contributed by atoms with E-state index >= 15 is 0 Å². The van der Waals surface area contributed by atoms with Crippen LogP contribution in [0, 0.1) is 0 Å². The van der Waals surface area contributed by atoms with Crippen molar-refractivity contribution in [3.8, 4) is 11.5 Å². The van der Waals surface area contributed by atoms with Gasteiger partial charge >= 0.3 is 0 Å². The lowest BCUT2D eigenvalue weighted by molar-refractivity contribution is 0.403. The van der Waals surface area contributed by atoms with Gasteiger partial charge in [-0.1, -0.05) is 23.7 Å². The molecule has 6 heteroatoms. The highest BCUT2D eigenvalue weighted by Crippen LogP contribution is 2.24. The molecule has 0 spiro atoms. The van der Waals surface area contributed by atoms with Crippen LogP contribution in [-0.4, -0.2) is 21.9 Å². The largest absolute Gasteiger partial charge is 0.504 e. The topological polar surface area (TPSA) is 64.5 Å². The summed E-state index contributed by atoms with van der Waals surface area (Å²) in [5.41, 5.74) is 1.73. The molecule has 0 bridgehead atoms. The Morgan fingerprint density at radius 3 is 2.62 bits per heavy atom. The second-order valence-electron chi connectivity index (χ2n) is 4.46. The van der Waals surface area contributed by atoms with Gasteiger partial charge in [0.25, 0.3) is 0 Å². The third kappa shape index (κ3) is 4.81. The van der Waals surface area contributed by atoms with Crippen LogP contribution in [0.15, 0.2) is 42.5 Å². The molecule has 0 saturated carbocycles. The maximum absolute atomic E-state index is 9.41. The molecule has 21 heavy (non-hydrogen) atoms. The lowest BCUT2D eigenvalue weighted by Gasteiger charge is -2.11. The molecule has 0 aliphatic heterocycles. The van der Waals surface area contributed by atoms with Gasteiger partial charge in [0.2, 0.25) is 0 Å². The number of phenolic OH excluding ortho intramolecular Hbond substituents is 2. The van der Waals surface area contributed by atoms with Gasteiger partial charge < -0.3 is 20.8 Å². The Balaban J connectivity index is 1.80. The summed E-state index contributed by atoms with van der Waals surface area (Å²) in [7, 11) is 0. The van der Waals surface area contributed by atoms with Crippen LogP contribution >= 0.6 is 23.8 Å². The maximum atomic E-state index is 9.41. The Kier molecular flexibility index (Phi) is 5.25. The minimum Gasteiger partial charge on any atom is -0.504 e. The molecule has 2 aromatic rings. The number of rotatable bonds is 4.